The second kappa shape index (κ2) is 6.37. The van der Waals surface area contributed by atoms with Crippen LogP contribution in [0.5, 0.6) is 0 Å². The van der Waals surface area contributed by atoms with E-state index in [1.165, 1.54) is 0 Å². The van der Waals surface area contributed by atoms with Gasteiger partial charge in [-0.15, -0.1) is 0 Å². The standard InChI is InChI=1S/C11H18N2O6/c1-11(3-4-19-6-11)13-10(17)12-7(9(15)16)5-8(14)18-2/h7H,3-6H2,1-2H3,(H,15,16)(H2,12,13,17)/t7-,11?/m0/s1. The Morgan fingerprint density at radius 1 is 1.47 bits per heavy atom. The number of carboxylic acids is 1. The third-order valence-electron chi connectivity index (χ3n) is 2.84. The molecule has 0 aromatic heterocycles. The highest BCUT2D eigenvalue weighted by Crippen LogP contribution is 2.17. The van der Waals surface area contributed by atoms with Gasteiger partial charge < -0.3 is 25.2 Å². The molecule has 0 saturated carbocycles. The lowest BCUT2D eigenvalue weighted by Gasteiger charge is -2.24. The van der Waals surface area contributed by atoms with Gasteiger partial charge in [0, 0.05) is 6.61 Å². The summed E-state index contributed by atoms with van der Waals surface area (Å²) in [6.07, 6.45) is 0.224. The van der Waals surface area contributed by atoms with E-state index in [1.54, 1.807) is 6.92 Å². The van der Waals surface area contributed by atoms with Crippen LogP contribution >= 0.6 is 0 Å². The number of ether oxygens (including phenoxy) is 2. The van der Waals surface area contributed by atoms with Crippen LogP contribution in [0.3, 0.4) is 0 Å². The Balaban J connectivity index is 2.51. The minimum atomic E-state index is -1.32. The van der Waals surface area contributed by atoms with Gasteiger partial charge in [-0.25, -0.2) is 9.59 Å². The number of nitrogens with one attached hydrogen (secondary N) is 2. The smallest absolute Gasteiger partial charge is 0.326 e. The van der Waals surface area contributed by atoms with Crippen molar-refractivity contribution in [2.45, 2.75) is 31.3 Å². The molecular weight excluding hydrogens is 256 g/mol. The first-order chi connectivity index (χ1) is 8.86. The van der Waals surface area contributed by atoms with Gasteiger partial charge in [0.25, 0.3) is 0 Å². The number of carbonyl (C=O) groups is 3. The van der Waals surface area contributed by atoms with E-state index in [0.717, 1.165) is 7.11 Å². The van der Waals surface area contributed by atoms with Crippen LogP contribution in [0.15, 0.2) is 0 Å². The van der Waals surface area contributed by atoms with E-state index in [1.807, 2.05) is 0 Å². The second-order valence-electron chi connectivity index (χ2n) is 4.63. The Bertz CT molecular complexity index is 364. The minimum Gasteiger partial charge on any atom is -0.480 e. The number of methoxy groups -OCH3 is 1. The summed E-state index contributed by atoms with van der Waals surface area (Å²) in [6.45, 7) is 2.71. The van der Waals surface area contributed by atoms with Gasteiger partial charge in [-0.05, 0) is 13.3 Å². The van der Waals surface area contributed by atoms with Crippen molar-refractivity contribution in [2.24, 2.45) is 0 Å². The number of carboxylic acid groups (broad SMARTS) is 1. The molecule has 1 saturated heterocycles. The second-order valence-corrected chi connectivity index (χ2v) is 4.63. The number of esters is 1. The summed E-state index contributed by atoms with van der Waals surface area (Å²) in [4.78, 5) is 33.7. The maximum Gasteiger partial charge on any atom is 0.326 e. The first-order valence-corrected chi connectivity index (χ1v) is 5.82. The van der Waals surface area contributed by atoms with Crippen LogP contribution in [0.4, 0.5) is 4.79 Å². The molecule has 2 atom stereocenters. The molecule has 1 unspecified atom stereocenters. The average Bonchev–Trinajstić information content (AvgIpc) is 2.74. The quantitative estimate of drug-likeness (QED) is 0.581. The van der Waals surface area contributed by atoms with Crippen molar-refractivity contribution in [1.82, 2.24) is 10.6 Å². The molecule has 1 fully saturated rings. The predicted octanol–water partition coefficient (Wildman–Crippen LogP) is -0.519. The third kappa shape index (κ3) is 4.74. The van der Waals surface area contributed by atoms with Crippen LogP contribution in [0.2, 0.25) is 0 Å². The largest absolute Gasteiger partial charge is 0.480 e. The van der Waals surface area contributed by atoms with E-state index in [9.17, 15) is 14.4 Å². The topological polar surface area (TPSA) is 114 Å². The van der Waals surface area contributed by atoms with E-state index in [2.05, 4.69) is 15.4 Å². The van der Waals surface area contributed by atoms with E-state index in [-0.39, 0.29) is 0 Å². The number of hydrogen-bond acceptors (Lipinski definition) is 5. The molecule has 0 aliphatic carbocycles. The average molecular weight is 274 g/mol. The lowest BCUT2D eigenvalue weighted by molar-refractivity contribution is -0.147. The van der Waals surface area contributed by atoms with Crippen molar-refractivity contribution >= 4 is 18.0 Å². The number of amides is 2. The molecule has 0 aromatic carbocycles. The van der Waals surface area contributed by atoms with Crippen molar-refractivity contribution in [3.8, 4) is 0 Å². The van der Waals surface area contributed by atoms with Crippen molar-refractivity contribution in [3.63, 3.8) is 0 Å². The fraction of sp³-hybridized carbons (Fsp3) is 0.727. The summed E-state index contributed by atoms with van der Waals surface area (Å²) in [5.41, 5.74) is -0.515. The van der Waals surface area contributed by atoms with Crippen LogP contribution in [-0.4, -0.2) is 55.0 Å². The normalized spacial score (nSPS) is 23.5. The molecule has 1 heterocycles. The first-order valence-electron chi connectivity index (χ1n) is 5.82. The summed E-state index contributed by atoms with van der Waals surface area (Å²) >= 11 is 0. The first kappa shape index (κ1) is 15.2. The molecule has 0 spiro atoms. The highest BCUT2D eigenvalue weighted by Gasteiger charge is 2.32. The summed E-state index contributed by atoms with van der Waals surface area (Å²) in [7, 11) is 1.15. The van der Waals surface area contributed by atoms with Gasteiger partial charge in [-0.1, -0.05) is 0 Å². The maximum absolute atomic E-state index is 11.7. The lowest BCUT2D eigenvalue weighted by atomic mass is 10.0. The molecule has 2 amide bonds. The minimum absolute atomic E-state index is 0.370. The maximum atomic E-state index is 11.7. The molecule has 19 heavy (non-hydrogen) atoms. The fourth-order valence-electron chi connectivity index (χ4n) is 1.68. The van der Waals surface area contributed by atoms with Crippen LogP contribution in [0.1, 0.15) is 19.8 Å². The number of carbonyl (C=O) groups excluding carboxylic acids is 2. The molecule has 0 radical (unpaired) electrons. The van der Waals surface area contributed by atoms with Crippen molar-refractivity contribution in [2.75, 3.05) is 20.3 Å². The van der Waals surface area contributed by atoms with Gasteiger partial charge in [-0.2, -0.15) is 0 Å². The van der Waals surface area contributed by atoms with Gasteiger partial charge in [0.05, 0.1) is 25.7 Å². The van der Waals surface area contributed by atoms with Crippen molar-refractivity contribution in [1.29, 1.82) is 0 Å². The molecule has 0 aromatic rings. The van der Waals surface area contributed by atoms with Crippen LogP contribution < -0.4 is 10.6 Å². The summed E-state index contributed by atoms with van der Waals surface area (Å²) in [6, 6.07) is -1.97. The highest BCUT2D eigenvalue weighted by molar-refractivity contribution is 5.86. The molecule has 1 aliphatic heterocycles. The number of aliphatic carboxylic acids is 1. The van der Waals surface area contributed by atoms with Crippen LogP contribution in [0.25, 0.3) is 0 Å². The molecule has 1 aliphatic rings. The van der Waals surface area contributed by atoms with E-state index in [0.29, 0.717) is 19.6 Å². The van der Waals surface area contributed by atoms with Gasteiger partial charge in [0.2, 0.25) is 0 Å². The Morgan fingerprint density at radius 2 is 2.16 bits per heavy atom. The Labute approximate surface area is 110 Å². The van der Waals surface area contributed by atoms with Gasteiger partial charge in [0.1, 0.15) is 6.04 Å². The molecule has 8 heteroatoms. The summed E-state index contributed by atoms with van der Waals surface area (Å²) < 4.78 is 9.53. The SMILES string of the molecule is COC(=O)C[C@H](NC(=O)NC1(C)CCOC1)C(=O)O. The molecule has 8 nitrogen and oxygen atoms in total. The monoisotopic (exact) mass is 274 g/mol. The number of hydrogen-bond donors (Lipinski definition) is 3. The highest BCUT2D eigenvalue weighted by atomic mass is 16.5. The number of rotatable bonds is 5. The zero-order chi connectivity index (χ0) is 14.5. The van der Waals surface area contributed by atoms with Crippen LogP contribution in [-0.2, 0) is 19.1 Å². The molecular formula is C11H18N2O6. The van der Waals surface area contributed by atoms with Crippen molar-refractivity contribution in [3.05, 3.63) is 0 Å². The number of urea groups is 1. The van der Waals surface area contributed by atoms with Crippen LogP contribution in [0, 0.1) is 0 Å². The van der Waals surface area contributed by atoms with E-state index >= 15 is 0 Å². The fourth-order valence-corrected chi connectivity index (χ4v) is 1.68. The van der Waals surface area contributed by atoms with Gasteiger partial charge >= 0.3 is 18.0 Å². The van der Waals surface area contributed by atoms with E-state index in [4.69, 9.17) is 9.84 Å². The van der Waals surface area contributed by atoms with Gasteiger partial charge in [0.15, 0.2) is 0 Å². The zero-order valence-electron chi connectivity index (χ0n) is 10.9. The molecule has 108 valence electrons. The molecule has 1 rings (SSSR count). The Hall–Kier alpha value is -1.83. The Kier molecular flexibility index (Phi) is 5.11. The van der Waals surface area contributed by atoms with E-state index < -0.39 is 36.0 Å². The van der Waals surface area contributed by atoms with Crippen molar-refractivity contribution < 1.29 is 29.0 Å². The summed E-state index contributed by atoms with van der Waals surface area (Å²) in [5.74, 6) is -2.00. The Morgan fingerprint density at radius 3 is 2.63 bits per heavy atom. The summed E-state index contributed by atoms with van der Waals surface area (Å²) in [5, 5.41) is 13.8. The lowest BCUT2D eigenvalue weighted by Crippen LogP contribution is -2.54. The zero-order valence-corrected chi connectivity index (χ0v) is 10.9. The third-order valence-corrected chi connectivity index (χ3v) is 2.84. The molecule has 3 N–H and O–H groups in total. The predicted molar refractivity (Wildman–Crippen MR) is 63.6 cm³/mol. The molecule has 0 bridgehead atoms. The van der Waals surface area contributed by atoms with Gasteiger partial charge in [-0.3, -0.25) is 4.79 Å².